The summed E-state index contributed by atoms with van der Waals surface area (Å²) in [6.07, 6.45) is 48.5. The third-order valence-corrected chi connectivity index (χ3v) is 9.16. The number of unbranched alkanes of at least 4 members (excludes halogenated alkanes) is 32. The average Bonchev–Trinajstić information content (AvgIpc) is 3.00. The van der Waals surface area contributed by atoms with Gasteiger partial charge in [-0.3, -0.25) is 0 Å². The van der Waals surface area contributed by atoms with Gasteiger partial charge in [0.25, 0.3) is 0 Å². The monoisotopic (exact) mass is 595 g/mol. The summed E-state index contributed by atoms with van der Waals surface area (Å²) >= 11 is 0. The second-order valence-electron chi connectivity index (χ2n) is 13.5. The molecule has 0 saturated carbocycles. The third kappa shape index (κ3) is 39.9. The molecule has 0 bridgehead atoms. The first-order valence-electron chi connectivity index (χ1n) is 20.1. The zero-order chi connectivity index (χ0) is 30.3. The summed E-state index contributed by atoms with van der Waals surface area (Å²) in [5, 5.41) is 0. The first-order valence-corrected chi connectivity index (χ1v) is 20.1. The molecule has 0 aliphatic rings. The second kappa shape index (κ2) is 40.9. The van der Waals surface area contributed by atoms with Crippen molar-refractivity contribution >= 4 is 0 Å². The lowest BCUT2D eigenvalue weighted by atomic mass is 10.0. The molecule has 0 aliphatic carbocycles. The van der Waals surface area contributed by atoms with Gasteiger partial charge in [-0.1, -0.05) is 219 Å². The predicted octanol–water partition coefficient (Wildman–Crippen LogP) is 14.3. The van der Waals surface area contributed by atoms with E-state index in [4.69, 9.17) is 9.47 Å². The van der Waals surface area contributed by atoms with Crippen molar-refractivity contribution in [2.75, 3.05) is 26.4 Å². The Kier molecular flexibility index (Phi) is 40.8. The van der Waals surface area contributed by atoms with Crippen molar-refractivity contribution in [2.45, 2.75) is 232 Å². The normalized spacial score (nSPS) is 11.6. The first kappa shape index (κ1) is 41.9. The van der Waals surface area contributed by atoms with E-state index in [1.54, 1.807) is 0 Å². The molecule has 0 aromatic rings. The van der Waals surface area contributed by atoms with E-state index in [1.807, 2.05) is 0 Å². The Bertz CT molecular complexity index is 397. The standard InChI is InChI=1S/C40H82O2/c1-3-5-7-9-11-13-15-17-19-21-23-25-27-29-31-33-35-37-41-39-40-42-38-36-34-32-30-28-26-24-22-20-18-16-14-12-10-8-6-4-2/h3-40H2,1-2H3. The van der Waals surface area contributed by atoms with Crippen molar-refractivity contribution in [3.05, 3.63) is 0 Å². The van der Waals surface area contributed by atoms with E-state index in [1.165, 1.54) is 218 Å². The van der Waals surface area contributed by atoms with Crippen LogP contribution in [0.1, 0.15) is 232 Å². The molecule has 42 heavy (non-hydrogen) atoms. The summed E-state index contributed by atoms with van der Waals surface area (Å²) in [5.74, 6) is 0. The van der Waals surface area contributed by atoms with E-state index in [-0.39, 0.29) is 0 Å². The minimum absolute atomic E-state index is 0.776. The molecule has 2 heteroatoms. The molecule has 0 saturated heterocycles. The number of ether oxygens (including phenoxy) is 2. The maximum Gasteiger partial charge on any atom is 0.0700 e. The van der Waals surface area contributed by atoms with Crippen molar-refractivity contribution in [1.82, 2.24) is 0 Å². The van der Waals surface area contributed by atoms with Crippen LogP contribution in [-0.2, 0) is 9.47 Å². The summed E-state index contributed by atoms with van der Waals surface area (Å²) < 4.78 is 11.5. The number of hydrogen-bond acceptors (Lipinski definition) is 2. The van der Waals surface area contributed by atoms with Gasteiger partial charge in [0, 0.05) is 13.2 Å². The van der Waals surface area contributed by atoms with Gasteiger partial charge in [0.15, 0.2) is 0 Å². The Labute approximate surface area is 267 Å². The molecule has 0 unspecified atom stereocenters. The van der Waals surface area contributed by atoms with Gasteiger partial charge in [-0.15, -0.1) is 0 Å². The highest BCUT2D eigenvalue weighted by Crippen LogP contribution is 2.15. The maximum absolute atomic E-state index is 5.77. The van der Waals surface area contributed by atoms with Gasteiger partial charge in [0.05, 0.1) is 13.2 Å². The highest BCUT2D eigenvalue weighted by atomic mass is 16.5. The van der Waals surface area contributed by atoms with Crippen molar-refractivity contribution in [3.63, 3.8) is 0 Å². The van der Waals surface area contributed by atoms with E-state index in [9.17, 15) is 0 Å². The molecule has 0 N–H and O–H groups in total. The summed E-state index contributed by atoms with van der Waals surface area (Å²) in [7, 11) is 0. The van der Waals surface area contributed by atoms with Crippen molar-refractivity contribution in [2.24, 2.45) is 0 Å². The molecular weight excluding hydrogens is 512 g/mol. The molecule has 0 spiro atoms. The second-order valence-corrected chi connectivity index (χ2v) is 13.5. The van der Waals surface area contributed by atoms with E-state index in [0.717, 1.165) is 26.4 Å². The van der Waals surface area contributed by atoms with E-state index < -0.39 is 0 Å². The van der Waals surface area contributed by atoms with Crippen LogP contribution in [0.4, 0.5) is 0 Å². The molecule has 0 aromatic carbocycles. The number of hydrogen-bond donors (Lipinski definition) is 0. The Morgan fingerprint density at radius 3 is 0.548 bits per heavy atom. The molecule has 0 rings (SSSR count). The topological polar surface area (TPSA) is 18.5 Å². The fraction of sp³-hybridized carbons (Fsp3) is 1.00. The summed E-state index contributed by atoms with van der Waals surface area (Å²) in [6.45, 7) is 7.99. The predicted molar refractivity (Wildman–Crippen MR) is 190 cm³/mol. The van der Waals surface area contributed by atoms with Crippen molar-refractivity contribution < 1.29 is 9.47 Å². The molecule has 0 aromatic heterocycles. The zero-order valence-corrected chi connectivity index (χ0v) is 29.7. The fourth-order valence-corrected chi connectivity index (χ4v) is 6.18. The van der Waals surface area contributed by atoms with Gasteiger partial charge in [-0.2, -0.15) is 0 Å². The molecular formula is C40H82O2. The van der Waals surface area contributed by atoms with Crippen LogP contribution in [0, 0.1) is 0 Å². The lowest BCUT2D eigenvalue weighted by Crippen LogP contribution is -2.06. The van der Waals surface area contributed by atoms with Crippen LogP contribution in [0.25, 0.3) is 0 Å². The zero-order valence-electron chi connectivity index (χ0n) is 29.7. The van der Waals surface area contributed by atoms with Gasteiger partial charge >= 0.3 is 0 Å². The summed E-state index contributed by atoms with van der Waals surface area (Å²) in [4.78, 5) is 0. The molecule has 0 amide bonds. The van der Waals surface area contributed by atoms with Crippen LogP contribution in [0.15, 0.2) is 0 Å². The van der Waals surface area contributed by atoms with Gasteiger partial charge in [-0.25, -0.2) is 0 Å². The van der Waals surface area contributed by atoms with Crippen LogP contribution in [0.5, 0.6) is 0 Å². The lowest BCUT2D eigenvalue weighted by molar-refractivity contribution is 0.0448. The Morgan fingerprint density at radius 1 is 0.190 bits per heavy atom. The molecule has 0 fully saturated rings. The van der Waals surface area contributed by atoms with Gasteiger partial charge in [0.1, 0.15) is 0 Å². The van der Waals surface area contributed by atoms with Crippen molar-refractivity contribution in [3.8, 4) is 0 Å². The summed E-state index contributed by atoms with van der Waals surface area (Å²) in [6, 6.07) is 0. The molecule has 0 aliphatic heterocycles. The quantitative estimate of drug-likeness (QED) is 0.0659. The van der Waals surface area contributed by atoms with Crippen LogP contribution in [-0.4, -0.2) is 26.4 Å². The SMILES string of the molecule is CCCCCCCCCCCCCCCCCCCOCCOCCCCCCCCCCCCCCCCCCC. The largest absolute Gasteiger partial charge is 0.379 e. The molecule has 254 valence electrons. The Morgan fingerprint density at radius 2 is 0.357 bits per heavy atom. The Hall–Kier alpha value is -0.0800. The minimum Gasteiger partial charge on any atom is -0.379 e. The molecule has 0 heterocycles. The van der Waals surface area contributed by atoms with Gasteiger partial charge in [-0.05, 0) is 12.8 Å². The lowest BCUT2D eigenvalue weighted by Gasteiger charge is -2.06. The third-order valence-electron chi connectivity index (χ3n) is 9.16. The Balaban J connectivity index is 3.02. The molecule has 2 nitrogen and oxygen atoms in total. The highest BCUT2D eigenvalue weighted by molar-refractivity contribution is 4.52. The maximum atomic E-state index is 5.77. The van der Waals surface area contributed by atoms with E-state index in [2.05, 4.69) is 13.8 Å². The van der Waals surface area contributed by atoms with E-state index in [0.29, 0.717) is 0 Å². The van der Waals surface area contributed by atoms with Crippen molar-refractivity contribution in [1.29, 1.82) is 0 Å². The average molecular weight is 595 g/mol. The minimum atomic E-state index is 0.776. The van der Waals surface area contributed by atoms with Crippen LogP contribution in [0.2, 0.25) is 0 Å². The number of rotatable bonds is 39. The van der Waals surface area contributed by atoms with E-state index >= 15 is 0 Å². The van der Waals surface area contributed by atoms with Gasteiger partial charge in [0.2, 0.25) is 0 Å². The first-order chi connectivity index (χ1) is 20.9. The van der Waals surface area contributed by atoms with Crippen LogP contribution < -0.4 is 0 Å². The molecule has 0 atom stereocenters. The summed E-state index contributed by atoms with van der Waals surface area (Å²) in [5.41, 5.74) is 0. The van der Waals surface area contributed by atoms with Gasteiger partial charge < -0.3 is 9.47 Å². The smallest absolute Gasteiger partial charge is 0.0700 e. The van der Waals surface area contributed by atoms with Crippen LogP contribution in [0.3, 0.4) is 0 Å². The van der Waals surface area contributed by atoms with Crippen LogP contribution >= 0.6 is 0 Å². The highest BCUT2D eigenvalue weighted by Gasteiger charge is 1.97. The molecule has 0 radical (unpaired) electrons. The fourth-order valence-electron chi connectivity index (χ4n) is 6.18.